The third-order valence-corrected chi connectivity index (χ3v) is 5.74. The van der Waals surface area contributed by atoms with Gasteiger partial charge in [0.2, 0.25) is 0 Å². The Balaban J connectivity index is 1.57. The second-order valence-electron chi connectivity index (χ2n) is 9.09. The predicted molar refractivity (Wildman–Crippen MR) is 97.2 cm³/mol. The Morgan fingerprint density at radius 1 is 1.20 bits per heavy atom. The van der Waals surface area contributed by atoms with E-state index in [0.717, 1.165) is 24.9 Å². The lowest BCUT2D eigenvalue weighted by molar-refractivity contribution is 0.0698. The highest BCUT2D eigenvalue weighted by molar-refractivity contribution is 5.93. The molecule has 0 radical (unpaired) electrons. The number of likely N-dealkylation sites (tertiary alicyclic amines) is 1. The Bertz CT molecular complexity index is 806. The van der Waals surface area contributed by atoms with Gasteiger partial charge in [-0.1, -0.05) is 55.8 Å². The molecule has 2 aromatic rings. The van der Waals surface area contributed by atoms with Crippen molar-refractivity contribution in [2.45, 2.75) is 53.0 Å². The molecule has 1 aliphatic heterocycles. The Morgan fingerprint density at radius 3 is 2.64 bits per heavy atom. The standard InChI is InChI=1S/C21H26N2O2/c1-14-5-7-15(8-6-14)18-9-17(22-25-18)19(24)23-13-21(4)11-16(23)10-20(2,3)12-21/h5-9,16H,10-13H2,1-4H3/t16-,21-/m0/s1. The van der Waals surface area contributed by atoms with Crippen LogP contribution in [-0.4, -0.2) is 28.6 Å². The number of nitrogens with zero attached hydrogens (tertiary/aromatic N) is 2. The molecule has 1 aromatic heterocycles. The quantitative estimate of drug-likeness (QED) is 0.798. The molecular weight excluding hydrogens is 312 g/mol. The SMILES string of the molecule is Cc1ccc(-c2cc(C(=O)N3C[C@@]4(C)C[C@@H]3CC(C)(C)C4)no2)cc1. The van der Waals surface area contributed by atoms with Gasteiger partial charge in [-0.2, -0.15) is 0 Å². The van der Waals surface area contributed by atoms with E-state index in [0.29, 0.717) is 22.9 Å². The van der Waals surface area contributed by atoms with Crippen LogP contribution in [0.25, 0.3) is 11.3 Å². The second-order valence-corrected chi connectivity index (χ2v) is 9.09. The number of aromatic nitrogens is 1. The van der Waals surface area contributed by atoms with E-state index in [-0.39, 0.29) is 11.3 Å². The van der Waals surface area contributed by atoms with E-state index < -0.39 is 0 Å². The number of amides is 1. The minimum atomic E-state index is 0.00790. The smallest absolute Gasteiger partial charge is 0.276 e. The van der Waals surface area contributed by atoms with E-state index in [1.807, 2.05) is 36.1 Å². The maximum absolute atomic E-state index is 13.0. The summed E-state index contributed by atoms with van der Waals surface area (Å²) in [6.45, 7) is 9.82. The number of carbonyl (C=O) groups excluding carboxylic acids is 1. The maximum Gasteiger partial charge on any atom is 0.276 e. The molecule has 132 valence electrons. The summed E-state index contributed by atoms with van der Waals surface area (Å²) in [5, 5.41) is 4.07. The maximum atomic E-state index is 13.0. The first-order valence-corrected chi connectivity index (χ1v) is 9.10. The van der Waals surface area contributed by atoms with Gasteiger partial charge in [0.25, 0.3) is 5.91 Å². The highest BCUT2D eigenvalue weighted by Gasteiger charge is 2.51. The van der Waals surface area contributed by atoms with Gasteiger partial charge in [-0.3, -0.25) is 4.79 Å². The molecule has 4 nitrogen and oxygen atoms in total. The molecule has 2 bridgehead atoms. The first kappa shape index (κ1) is 16.4. The normalized spacial score (nSPS) is 27.5. The van der Waals surface area contributed by atoms with Crippen molar-refractivity contribution in [1.29, 1.82) is 0 Å². The van der Waals surface area contributed by atoms with Crippen LogP contribution in [0.1, 0.15) is 56.1 Å². The van der Waals surface area contributed by atoms with Crippen molar-refractivity contribution in [3.8, 4) is 11.3 Å². The van der Waals surface area contributed by atoms with Crippen molar-refractivity contribution in [1.82, 2.24) is 10.1 Å². The summed E-state index contributed by atoms with van der Waals surface area (Å²) in [5.74, 6) is 0.658. The predicted octanol–water partition coefficient (Wildman–Crippen LogP) is 4.69. The molecule has 2 atom stereocenters. The largest absolute Gasteiger partial charge is 0.355 e. The van der Waals surface area contributed by atoms with Gasteiger partial charge in [0.05, 0.1) is 0 Å². The van der Waals surface area contributed by atoms with Gasteiger partial charge < -0.3 is 9.42 Å². The number of benzene rings is 1. The highest BCUT2D eigenvalue weighted by Crippen LogP contribution is 2.52. The fourth-order valence-corrected chi connectivity index (χ4v) is 5.07. The van der Waals surface area contributed by atoms with Crippen LogP contribution in [0.4, 0.5) is 0 Å². The van der Waals surface area contributed by atoms with Crippen molar-refractivity contribution in [2.75, 3.05) is 6.54 Å². The molecule has 0 spiro atoms. The average molecular weight is 338 g/mol. The van der Waals surface area contributed by atoms with E-state index in [1.165, 1.54) is 12.0 Å². The summed E-state index contributed by atoms with van der Waals surface area (Å²) in [7, 11) is 0. The summed E-state index contributed by atoms with van der Waals surface area (Å²) in [6, 6.07) is 10.2. The van der Waals surface area contributed by atoms with Gasteiger partial charge >= 0.3 is 0 Å². The molecule has 2 aliphatic rings. The topological polar surface area (TPSA) is 46.3 Å². The van der Waals surface area contributed by atoms with E-state index in [1.54, 1.807) is 6.07 Å². The van der Waals surface area contributed by atoms with Gasteiger partial charge in [0.1, 0.15) is 0 Å². The average Bonchev–Trinajstić information content (AvgIpc) is 3.09. The zero-order chi connectivity index (χ0) is 17.8. The van der Waals surface area contributed by atoms with Crippen molar-refractivity contribution >= 4 is 5.91 Å². The van der Waals surface area contributed by atoms with Crippen LogP contribution in [0.3, 0.4) is 0 Å². The Labute approximate surface area is 149 Å². The van der Waals surface area contributed by atoms with Crippen LogP contribution in [-0.2, 0) is 0 Å². The van der Waals surface area contributed by atoms with E-state index in [9.17, 15) is 4.79 Å². The lowest BCUT2D eigenvalue weighted by Gasteiger charge is -2.39. The molecule has 1 aliphatic carbocycles. The zero-order valence-corrected chi connectivity index (χ0v) is 15.5. The molecule has 1 amide bonds. The highest BCUT2D eigenvalue weighted by atomic mass is 16.5. The summed E-state index contributed by atoms with van der Waals surface area (Å²) in [5.41, 5.74) is 3.09. The Hall–Kier alpha value is -2.10. The molecule has 4 heteroatoms. The molecule has 2 fully saturated rings. The van der Waals surface area contributed by atoms with Crippen molar-refractivity contribution in [3.63, 3.8) is 0 Å². The van der Waals surface area contributed by atoms with Crippen LogP contribution < -0.4 is 0 Å². The number of aryl methyl sites for hydroxylation is 1. The Kier molecular flexibility index (Phi) is 3.57. The summed E-state index contributed by atoms with van der Waals surface area (Å²) >= 11 is 0. The number of hydrogen-bond donors (Lipinski definition) is 0. The van der Waals surface area contributed by atoms with Gasteiger partial charge in [-0.15, -0.1) is 0 Å². The molecule has 25 heavy (non-hydrogen) atoms. The van der Waals surface area contributed by atoms with Crippen molar-refractivity contribution in [3.05, 3.63) is 41.6 Å². The third kappa shape index (κ3) is 2.99. The Morgan fingerprint density at radius 2 is 1.92 bits per heavy atom. The number of fused-ring (bicyclic) bond motifs is 2. The van der Waals surface area contributed by atoms with Crippen LogP contribution in [0, 0.1) is 17.8 Å². The zero-order valence-electron chi connectivity index (χ0n) is 15.5. The van der Waals surface area contributed by atoms with Crippen LogP contribution in [0.5, 0.6) is 0 Å². The lowest BCUT2D eigenvalue weighted by atomic mass is 9.65. The van der Waals surface area contributed by atoms with Gasteiger partial charge in [0.15, 0.2) is 11.5 Å². The molecule has 1 saturated carbocycles. The molecular formula is C21H26N2O2. The van der Waals surface area contributed by atoms with Crippen LogP contribution >= 0.6 is 0 Å². The monoisotopic (exact) mass is 338 g/mol. The summed E-state index contributed by atoms with van der Waals surface area (Å²) < 4.78 is 5.45. The van der Waals surface area contributed by atoms with Gasteiger partial charge in [-0.05, 0) is 37.0 Å². The van der Waals surface area contributed by atoms with Crippen LogP contribution in [0.15, 0.2) is 34.9 Å². The summed E-state index contributed by atoms with van der Waals surface area (Å²) in [6.07, 6.45) is 3.34. The molecule has 0 unspecified atom stereocenters. The molecule has 2 heterocycles. The fourth-order valence-electron chi connectivity index (χ4n) is 5.07. The third-order valence-electron chi connectivity index (χ3n) is 5.74. The molecule has 1 saturated heterocycles. The number of hydrogen-bond acceptors (Lipinski definition) is 3. The lowest BCUT2D eigenvalue weighted by Crippen LogP contribution is -2.37. The number of rotatable bonds is 2. The molecule has 0 N–H and O–H groups in total. The van der Waals surface area contributed by atoms with Crippen molar-refractivity contribution < 1.29 is 9.32 Å². The minimum absolute atomic E-state index is 0.00790. The van der Waals surface area contributed by atoms with Gasteiger partial charge in [-0.25, -0.2) is 0 Å². The molecule has 4 rings (SSSR count). The van der Waals surface area contributed by atoms with Crippen molar-refractivity contribution in [2.24, 2.45) is 10.8 Å². The van der Waals surface area contributed by atoms with E-state index in [4.69, 9.17) is 4.52 Å². The first-order chi connectivity index (χ1) is 11.7. The first-order valence-electron chi connectivity index (χ1n) is 9.10. The minimum Gasteiger partial charge on any atom is -0.355 e. The fraction of sp³-hybridized carbons (Fsp3) is 0.524. The van der Waals surface area contributed by atoms with Crippen LogP contribution in [0.2, 0.25) is 0 Å². The van der Waals surface area contributed by atoms with E-state index in [2.05, 4.69) is 25.9 Å². The van der Waals surface area contributed by atoms with E-state index >= 15 is 0 Å². The second kappa shape index (κ2) is 5.45. The summed E-state index contributed by atoms with van der Waals surface area (Å²) in [4.78, 5) is 15.1. The number of carbonyl (C=O) groups is 1. The van der Waals surface area contributed by atoms with Gasteiger partial charge in [0, 0.05) is 24.2 Å². The molecule has 1 aromatic carbocycles.